The monoisotopic (exact) mass is 213 g/mol. The number of carbonyl (C=O) groups is 1. The van der Waals surface area contributed by atoms with Gasteiger partial charge >= 0.3 is 0 Å². The molecule has 0 radical (unpaired) electrons. The van der Waals surface area contributed by atoms with Crippen molar-refractivity contribution in [3.05, 3.63) is 54.0 Å². The first-order valence-corrected chi connectivity index (χ1v) is 4.93. The number of aliphatic imine (C=N–C) groups is 1. The largest absolute Gasteiger partial charge is 0.472 e. The summed E-state index contributed by atoms with van der Waals surface area (Å²) in [7, 11) is 0. The molecule has 3 heteroatoms. The van der Waals surface area contributed by atoms with Gasteiger partial charge in [0.1, 0.15) is 0 Å². The fourth-order valence-corrected chi connectivity index (χ4v) is 1.38. The summed E-state index contributed by atoms with van der Waals surface area (Å²) in [4.78, 5) is 15.6. The lowest BCUT2D eigenvalue weighted by Gasteiger charge is -1.99. The number of ketones is 1. The molecule has 0 atom stereocenters. The fourth-order valence-electron chi connectivity index (χ4n) is 1.38. The van der Waals surface area contributed by atoms with Crippen LogP contribution in [-0.2, 0) is 0 Å². The first-order chi connectivity index (χ1) is 7.77. The van der Waals surface area contributed by atoms with E-state index < -0.39 is 0 Å². The first kappa shape index (κ1) is 10.4. The van der Waals surface area contributed by atoms with Crippen molar-refractivity contribution in [1.29, 1.82) is 0 Å². The number of para-hydroxylation sites is 1. The highest BCUT2D eigenvalue weighted by Gasteiger charge is 2.03. The zero-order chi connectivity index (χ0) is 11.4. The van der Waals surface area contributed by atoms with Crippen molar-refractivity contribution in [1.82, 2.24) is 0 Å². The van der Waals surface area contributed by atoms with E-state index in [-0.39, 0.29) is 5.78 Å². The van der Waals surface area contributed by atoms with Crippen molar-refractivity contribution in [3.8, 4) is 0 Å². The molecular weight excluding hydrogens is 202 g/mol. The molecule has 0 saturated carbocycles. The molecule has 0 N–H and O–H groups in total. The van der Waals surface area contributed by atoms with Gasteiger partial charge in [0.25, 0.3) is 0 Å². The Balaban J connectivity index is 2.31. The van der Waals surface area contributed by atoms with E-state index in [1.807, 2.05) is 18.2 Å². The van der Waals surface area contributed by atoms with Crippen LogP contribution in [0.3, 0.4) is 0 Å². The lowest BCUT2D eigenvalue weighted by Crippen LogP contribution is -1.91. The van der Waals surface area contributed by atoms with Gasteiger partial charge in [0.2, 0.25) is 0 Å². The van der Waals surface area contributed by atoms with Gasteiger partial charge in [0.05, 0.1) is 18.2 Å². The van der Waals surface area contributed by atoms with E-state index in [1.165, 1.54) is 6.92 Å². The molecule has 0 saturated heterocycles. The van der Waals surface area contributed by atoms with Gasteiger partial charge in [-0.05, 0) is 25.1 Å². The van der Waals surface area contributed by atoms with Gasteiger partial charge in [-0.25, -0.2) is 0 Å². The van der Waals surface area contributed by atoms with Crippen LogP contribution in [0.25, 0.3) is 0 Å². The zero-order valence-corrected chi connectivity index (χ0v) is 8.88. The summed E-state index contributed by atoms with van der Waals surface area (Å²) in [5.74, 6) is 0.0138. The van der Waals surface area contributed by atoms with Gasteiger partial charge in [0, 0.05) is 17.3 Å². The van der Waals surface area contributed by atoms with Crippen LogP contribution >= 0.6 is 0 Å². The van der Waals surface area contributed by atoms with Crippen molar-refractivity contribution in [3.63, 3.8) is 0 Å². The summed E-state index contributed by atoms with van der Waals surface area (Å²) in [5, 5.41) is 0. The minimum atomic E-state index is 0.0138. The average molecular weight is 213 g/mol. The Morgan fingerprint density at radius 3 is 2.81 bits per heavy atom. The maximum atomic E-state index is 11.3. The van der Waals surface area contributed by atoms with Gasteiger partial charge in [-0.1, -0.05) is 12.1 Å². The van der Waals surface area contributed by atoms with E-state index >= 15 is 0 Å². The highest BCUT2D eigenvalue weighted by Crippen LogP contribution is 2.18. The molecule has 3 nitrogen and oxygen atoms in total. The molecule has 16 heavy (non-hydrogen) atoms. The Hall–Kier alpha value is -2.16. The zero-order valence-electron chi connectivity index (χ0n) is 8.88. The summed E-state index contributed by atoms with van der Waals surface area (Å²) >= 11 is 0. The summed E-state index contributed by atoms with van der Waals surface area (Å²) < 4.78 is 4.92. The molecule has 2 aromatic rings. The highest BCUT2D eigenvalue weighted by molar-refractivity contribution is 5.99. The average Bonchev–Trinajstić information content (AvgIpc) is 2.79. The smallest absolute Gasteiger partial charge is 0.161 e. The first-order valence-electron chi connectivity index (χ1n) is 4.93. The van der Waals surface area contributed by atoms with Crippen molar-refractivity contribution in [2.45, 2.75) is 6.92 Å². The van der Waals surface area contributed by atoms with Gasteiger partial charge in [-0.3, -0.25) is 9.79 Å². The Morgan fingerprint density at radius 1 is 1.31 bits per heavy atom. The summed E-state index contributed by atoms with van der Waals surface area (Å²) in [6, 6.07) is 9.07. The highest BCUT2D eigenvalue weighted by atomic mass is 16.3. The van der Waals surface area contributed by atoms with Crippen LogP contribution in [0, 0.1) is 0 Å². The fraction of sp³-hybridized carbons (Fsp3) is 0.0769. The standard InChI is InChI=1S/C13H11NO2/c1-10(15)12-4-2-3-5-13(12)14-8-11-6-7-16-9-11/h2-9H,1H3. The van der Waals surface area contributed by atoms with Crippen LogP contribution in [0.1, 0.15) is 22.8 Å². The molecule has 80 valence electrons. The van der Waals surface area contributed by atoms with Crippen molar-refractivity contribution >= 4 is 17.7 Å². The second-order valence-electron chi connectivity index (χ2n) is 3.39. The van der Waals surface area contributed by atoms with E-state index in [4.69, 9.17) is 4.42 Å². The van der Waals surface area contributed by atoms with E-state index in [0.717, 1.165) is 5.56 Å². The van der Waals surface area contributed by atoms with Crippen molar-refractivity contribution in [2.24, 2.45) is 4.99 Å². The predicted octanol–water partition coefficient (Wildman–Crippen LogP) is 3.23. The number of Topliss-reactive ketones (excluding diaryl/α,β-unsaturated/α-hetero) is 1. The van der Waals surface area contributed by atoms with Gasteiger partial charge in [-0.2, -0.15) is 0 Å². The maximum Gasteiger partial charge on any atom is 0.161 e. The van der Waals surface area contributed by atoms with Crippen LogP contribution in [0.2, 0.25) is 0 Å². The SMILES string of the molecule is CC(=O)c1ccccc1N=Cc1ccoc1. The Bertz CT molecular complexity index is 512. The van der Waals surface area contributed by atoms with Crippen molar-refractivity contribution < 1.29 is 9.21 Å². The van der Waals surface area contributed by atoms with Crippen LogP contribution < -0.4 is 0 Å². The molecule has 2 rings (SSSR count). The van der Waals surface area contributed by atoms with Crippen LogP contribution in [-0.4, -0.2) is 12.0 Å². The summed E-state index contributed by atoms with van der Waals surface area (Å²) in [5.41, 5.74) is 2.18. The minimum absolute atomic E-state index is 0.0138. The number of benzene rings is 1. The molecule has 0 aliphatic rings. The molecular formula is C13H11NO2. The number of hydrogen-bond acceptors (Lipinski definition) is 3. The quantitative estimate of drug-likeness (QED) is 0.580. The molecule has 0 aliphatic heterocycles. The number of nitrogens with zero attached hydrogens (tertiary/aromatic N) is 1. The Kier molecular flexibility index (Phi) is 2.96. The van der Waals surface area contributed by atoms with E-state index in [1.54, 1.807) is 30.9 Å². The molecule has 1 heterocycles. The maximum absolute atomic E-state index is 11.3. The third-order valence-corrected chi connectivity index (χ3v) is 2.18. The third-order valence-electron chi connectivity index (χ3n) is 2.18. The molecule has 1 aromatic carbocycles. The predicted molar refractivity (Wildman–Crippen MR) is 62.4 cm³/mol. The number of furan rings is 1. The van der Waals surface area contributed by atoms with E-state index in [2.05, 4.69) is 4.99 Å². The number of hydrogen-bond donors (Lipinski definition) is 0. The normalized spacial score (nSPS) is 10.8. The van der Waals surface area contributed by atoms with Crippen LogP contribution in [0.15, 0.2) is 52.3 Å². The van der Waals surface area contributed by atoms with E-state index in [0.29, 0.717) is 11.3 Å². The number of carbonyl (C=O) groups excluding carboxylic acids is 1. The summed E-state index contributed by atoms with van der Waals surface area (Å²) in [6.07, 6.45) is 4.85. The van der Waals surface area contributed by atoms with Gasteiger partial charge in [-0.15, -0.1) is 0 Å². The molecule has 0 aliphatic carbocycles. The van der Waals surface area contributed by atoms with Gasteiger partial charge < -0.3 is 4.42 Å². The minimum Gasteiger partial charge on any atom is -0.472 e. The van der Waals surface area contributed by atoms with Crippen LogP contribution in [0.4, 0.5) is 5.69 Å². The van der Waals surface area contributed by atoms with E-state index in [9.17, 15) is 4.79 Å². The molecule has 0 spiro atoms. The summed E-state index contributed by atoms with van der Waals surface area (Å²) in [6.45, 7) is 1.53. The third kappa shape index (κ3) is 2.25. The Labute approximate surface area is 93.4 Å². The second kappa shape index (κ2) is 4.57. The lowest BCUT2D eigenvalue weighted by atomic mass is 10.1. The molecule has 0 amide bonds. The van der Waals surface area contributed by atoms with Crippen LogP contribution in [0.5, 0.6) is 0 Å². The molecule has 0 unspecified atom stereocenters. The second-order valence-corrected chi connectivity index (χ2v) is 3.39. The lowest BCUT2D eigenvalue weighted by molar-refractivity contribution is 0.101. The number of rotatable bonds is 3. The molecule has 0 fully saturated rings. The topological polar surface area (TPSA) is 42.6 Å². The Morgan fingerprint density at radius 2 is 2.12 bits per heavy atom. The van der Waals surface area contributed by atoms with Crippen molar-refractivity contribution in [2.75, 3.05) is 0 Å². The molecule has 0 bridgehead atoms. The van der Waals surface area contributed by atoms with Gasteiger partial charge in [0.15, 0.2) is 5.78 Å². The molecule has 1 aromatic heterocycles.